The molecule has 0 aliphatic rings. The van der Waals surface area contributed by atoms with E-state index in [1.54, 1.807) is 6.92 Å². The van der Waals surface area contributed by atoms with E-state index >= 15 is 0 Å². The topological polar surface area (TPSA) is 133 Å². The van der Waals surface area contributed by atoms with Gasteiger partial charge in [-0.1, -0.05) is 0 Å². The lowest BCUT2D eigenvalue weighted by Crippen LogP contribution is -2.50. The van der Waals surface area contributed by atoms with Crippen LogP contribution in [-0.2, 0) is 9.59 Å². The molecule has 0 saturated heterocycles. The summed E-state index contributed by atoms with van der Waals surface area (Å²) >= 11 is 0. The Morgan fingerprint density at radius 2 is 2.00 bits per heavy atom. The Labute approximate surface area is 98.4 Å². The number of aliphatic hydroxyl groups excluding tert-OH is 1. The van der Waals surface area contributed by atoms with E-state index in [0.29, 0.717) is 0 Å². The van der Waals surface area contributed by atoms with Gasteiger partial charge in [0.1, 0.15) is 12.6 Å². The first-order valence-corrected chi connectivity index (χ1v) is 5.09. The molecule has 17 heavy (non-hydrogen) atoms. The zero-order valence-corrected chi connectivity index (χ0v) is 9.55. The zero-order valence-electron chi connectivity index (χ0n) is 9.55. The van der Waals surface area contributed by atoms with Crippen molar-refractivity contribution >= 4 is 17.9 Å². The predicted octanol–water partition coefficient (Wildman–Crippen LogP) is -1.66. The normalized spacial score (nSPS) is 11.6. The number of rotatable bonds is 7. The number of hydrogen-bond donors (Lipinski definition) is 4. The fourth-order valence-corrected chi connectivity index (χ4v) is 1.14. The number of carbonyl (C=O) groups excluding carboxylic acids is 2. The van der Waals surface area contributed by atoms with Gasteiger partial charge in [0.25, 0.3) is 0 Å². The van der Waals surface area contributed by atoms with Crippen LogP contribution in [0.5, 0.6) is 0 Å². The van der Waals surface area contributed by atoms with Gasteiger partial charge in [-0.3, -0.25) is 4.79 Å². The van der Waals surface area contributed by atoms with E-state index in [0.717, 1.165) is 4.90 Å². The SMILES string of the molecule is CCN(CC(N)=O)C(=O)N[C@@H](CCO)C(=O)O. The van der Waals surface area contributed by atoms with Crippen LogP contribution in [0, 0.1) is 0 Å². The van der Waals surface area contributed by atoms with Crippen molar-refractivity contribution in [1.29, 1.82) is 0 Å². The number of hydrogen-bond acceptors (Lipinski definition) is 4. The highest BCUT2D eigenvalue weighted by atomic mass is 16.4. The minimum absolute atomic E-state index is 0.102. The molecule has 0 aliphatic heterocycles. The number of amides is 3. The number of nitrogens with two attached hydrogens (primary N) is 1. The molecule has 0 spiro atoms. The molecule has 0 heterocycles. The minimum Gasteiger partial charge on any atom is -0.480 e. The van der Waals surface area contributed by atoms with Crippen molar-refractivity contribution in [2.75, 3.05) is 19.7 Å². The maximum absolute atomic E-state index is 11.6. The number of carboxylic acid groups (broad SMARTS) is 1. The van der Waals surface area contributed by atoms with Gasteiger partial charge >= 0.3 is 12.0 Å². The first kappa shape index (κ1) is 15.2. The number of carbonyl (C=O) groups is 3. The monoisotopic (exact) mass is 247 g/mol. The van der Waals surface area contributed by atoms with Crippen molar-refractivity contribution in [2.24, 2.45) is 5.73 Å². The Balaban J connectivity index is 4.45. The highest BCUT2D eigenvalue weighted by Gasteiger charge is 2.22. The van der Waals surface area contributed by atoms with E-state index in [-0.39, 0.29) is 26.1 Å². The maximum Gasteiger partial charge on any atom is 0.326 e. The average molecular weight is 247 g/mol. The molecular weight excluding hydrogens is 230 g/mol. The first-order chi connectivity index (χ1) is 7.92. The van der Waals surface area contributed by atoms with E-state index < -0.39 is 23.9 Å². The Bertz CT molecular complexity index is 294. The maximum atomic E-state index is 11.6. The molecule has 0 radical (unpaired) electrons. The molecule has 3 amide bonds. The number of primary amides is 1. The summed E-state index contributed by atoms with van der Waals surface area (Å²) in [5.41, 5.74) is 4.94. The minimum atomic E-state index is -1.25. The van der Waals surface area contributed by atoms with Crippen molar-refractivity contribution in [2.45, 2.75) is 19.4 Å². The largest absolute Gasteiger partial charge is 0.480 e. The van der Waals surface area contributed by atoms with E-state index in [1.807, 2.05) is 0 Å². The molecule has 0 rings (SSSR count). The highest BCUT2D eigenvalue weighted by molar-refractivity contribution is 5.86. The van der Waals surface area contributed by atoms with Gasteiger partial charge in [0, 0.05) is 19.6 Å². The van der Waals surface area contributed by atoms with Crippen LogP contribution < -0.4 is 11.1 Å². The summed E-state index contributed by atoms with van der Waals surface area (Å²) in [4.78, 5) is 34.0. The van der Waals surface area contributed by atoms with Crippen LogP contribution in [0.15, 0.2) is 0 Å². The lowest BCUT2D eigenvalue weighted by Gasteiger charge is -2.22. The second-order valence-corrected chi connectivity index (χ2v) is 3.33. The van der Waals surface area contributed by atoms with Crippen molar-refractivity contribution in [3.05, 3.63) is 0 Å². The third kappa shape index (κ3) is 5.71. The van der Waals surface area contributed by atoms with E-state index in [9.17, 15) is 14.4 Å². The number of aliphatic carboxylic acids is 1. The van der Waals surface area contributed by atoms with Crippen LogP contribution in [0.1, 0.15) is 13.3 Å². The number of nitrogens with one attached hydrogen (secondary N) is 1. The summed E-state index contributed by atoms with van der Waals surface area (Å²) in [7, 11) is 0. The standard InChI is InChI=1S/C9H17N3O5/c1-2-12(5-7(10)14)9(17)11-6(3-4-13)8(15)16/h6,13H,2-5H2,1H3,(H2,10,14)(H,11,17)(H,15,16)/t6-/m0/s1. The van der Waals surface area contributed by atoms with Crippen LogP contribution in [0.25, 0.3) is 0 Å². The molecule has 98 valence electrons. The molecule has 0 bridgehead atoms. The predicted molar refractivity (Wildman–Crippen MR) is 58.1 cm³/mol. The van der Waals surface area contributed by atoms with Crippen LogP contribution in [0.4, 0.5) is 4.79 Å². The fourth-order valence-electron chi connectivity index (χ4n) is 1.14. The summed E-state index contributed by atoms with van der Waals surface area (Å²) in [6.07, 6.45) is -0.102. The molecule has 1 atom stereocenters. The number of carboxylic acids is 1. The molecule has 8 nitrogen and oxygen atoms in total. The quantitative estimate of drug-likeness (QED) is 0.427. The van der Waals surface area contributed by atoms with Gasteiger partial charge in [0.15, 0.2) is 0 Å². The van der Waals surface area contributed by atoms with Gasteiger partial charge < -0.3 is 26.2 Å². The van der Waals surface area contributed by atoms with Gasteiger partial charge in [-0.2, -0.15) is 0 Å². The van der Waals surface area contributed by atoms with Gasteiger partial charge in [-0.25, -0.2) is 9.59 Å². The second kappa shape index (κ2) is 7.44. The summed E-state index contributed by atoms with van der Waals surface area (Å²) < 4.78 is 0. The zero-order chi connectivity index (χ0) is 13.4. The van der Waals surface area contributed by atoms with Crippen LogP contribution in [-0.4, -0.2) is 58.8 Å². The fraction of sp³-hybridized carbons (Fsp3) is 0.667. The molecule has 0 saturated carbocycles. The number of urea groups is 1. The molecule has 0 unspecified atom stereocenters. The van der Waals surface area contributed by atoms with Crippen molar-refractivity contribution < 1.29 is 24.6 Å². The molecule has 0 aliphatic carbocycles. The molecule has 0 fully saturated rings. The molecule has 0 aromatic rings. The van der Waals surface area contributed by atoms with E-state index in [4.69, 9.17) is 15.9 Å². The molecular formula is C9H17N3O5. The van der Waals surface area contributed by atoms with Crippen LogP contribution in [0.2, 0.25) is 0 Å². The van der Waals surface area contributed by atoms with Crippen molar-refractivity contribution in [1.82, 2.24) is 10.2 Å². The van der Waals surface area contributed by atoms with Gasteiger partial charge in [0.2, 0.25) is 5.91 Å². The Kier molecular flexibility index (Phi) is 6.64. The third-order valence-electron chi connectivity index (χ3n) is 2.03. The van der Waals surface area contributed by atoms with Crippen molar-refractivity contribution in [3.8, 4) is 0 Å². The Hall–Kier alpha value is -1.83. The van der Waals surface area contributed by atoms with Gasteiger partial charge in [-0.15, -0.1) is 0 Å². The smallest absolute Gasteiger partial charge is 0.326 e. The number of nitrogens with zero attached hydrogens (tertiary/aromatic N) is 1. The highest BCUT2D eigenvalue weighted by Crippen LogP contribution is 1.95. The summed E-state index contributed by atoms with van der Waals surface area (Å²) in [5.74, 6) is -1.93. The molecule has 5 N–H and O–H groups in total. The Morgan fingerprint density at radius 1 is 1.41 bits per heavy atom. The van der Waals surface area contributed by atoms with Crippen LogP contribution in [0.3, 0.4) is 0 Å². The lowest BCUT2D eigenvalue weighted by molar-refractivity contribution is -0.139. The summed E-state index contributed by atoms with van der Waals surface area (Å²) in [5, 5.41) is 19.6. The van der Waals surface area contributed by atoms with Gasteiger partial charge in [0.05, 0.1) is 0 Å². The lowest BCUT2D eigenvalue weighted by atomic mass is 10.2. The molecule has 0 aromatic carbocycles. The Morgan fingerprint density at radius 3 is 2.35 bits per heavy atom. The van der Waals surface area contributed by atoms with Crippen molar-refractivity contribution in [3.63, 3.8) is 0 Å². The average Bonchev–Trinajstić information content (AvgIpc) is 2.24. The second-order valence-electron chi connectivity index (χ2n) is 3.33. The molecule has 8 heteroatoms. The van der Waals surface area contributed by atoms with Crippen LogP contribution >= 0.6 is 0 Å². The van der Waals surface area contributed by atoms with E-state index in [2.05, 4.69) is 5.32 Å². The number of aliphatic hydroxyl groups is 1. The third-order valence-corrected chi connectivity index (χ3v) is 2.03. The molecule has 0 aromatic heterocycles. The first-order valence-electron chi connectivity index (χ1n) is 5.09. The number of likely N-dealkylation sites (N-methyl/N-ethyl adjacent to an activating group) is 1. The van der Waals surface area contributed by atoms with E-state index in [1.165, 1.54) is 0 Å². The van der Waals surface area contributed by atoms with Gasteiger partial charge in [-0.05, 0) is 6.92 Å². The summed E-state index contributed by atoms with van der Waals surface area (Å²) in [6.45, 7) is 1.21. The summed E-state index contributed by atoms with van der Waals surface area (Å²) in [6, 6.07) is -1.89.